The van der Waals surface area contributed by atoms with Gasteiger partial charge >= 0.3 is 0 Å². The summed E-state index contributed by atoms with van der Waals surface area (Å²) in [6, 6.07) is 3.85. The molecule has 3 aromatic heterocycles. The van der Waals surface area contributed by atoms with Crippen molar-refractivity contribution in [1.82, 2.24) is 24.6 Å². The molecule has 3 aromatic rings. The molecule has 0 saturated carbocycles. The van der Waals surface area contributed by atoms with E-state index in [4.69, 9.17) is 0 Å². The van der Waals surface area contributed by atoms with E-state index in [0.29, 0.717) is 5.95 Å². The minimum Gasteiger partial charge on any atom is -0.347 e. The molecule has 0 amide bonds. The van der Waals surface area contributed by atoms with Gasteiger partial charge in [-0.05, 0) is 19.9 Å². The van der Waals surface area contributed by atoms with Gasteiger partial charge in [-0.1, -0.05) is 0 Å². The van der Waals surface area contributed by atoms with Gasteiger partial charge in [0.1, 0.15) is 0 Å². The van der Waals surface area contributed by atoms with Gasteiger partial charge in [0, 0.05) is 38.1 Å². The zero-order valence-corrected chi connectivity index (χ0v) is 12.0. The summed E-state index contributed by atoms with van der Waals surface area (Å²) in [5.74, 6) is 0.679. The van der Waals surface area contributed by atoms with E-state index in [1.165, 1.54) is 0 Å². The van der Waals surface area contributed by atoms with Gasteiger partial charge in [0.15, 0.2) is 5.65 Å². The van der Waals surface area contributed by atoms with E-state index in [1.807, 2.05) is 55.7 Å². The molecule has 0 aliphatic carbocycles. The van der Waals surface area contributed by atoms with E-state index >= 15 is 0 Å². The van der Waals surface area contributed by atoms with Gasteiger partial charge in [-0.2, -0.15) is 5.10 Å². The van der Waals surface area contributed by atoms with Crippen LogP contribution in [-0.4, -0.2) is 38.7 Å². The fraction of sp³-hybridized carbons (Fsp3) is 0.286. The van der Waals surface area contributed by atoms with E-state index in [2.05, 4.69) is 20.1 Å². The molecular weight excluding hydrogens is 252 g/mol. The standard InChI is InChI=1S/C14H16N6/c1-9-7-13-16-8-11(10(2)20(13)18-9)12-5-6-15-14(17-12)19(3)4/h5-8H,1-4H3. The lowest BCUT2D eigenvalue weighted by Crippen LogP contribution is -2.13. The number of aryl methyl sites for hydroxylation is 2. The van der Waals surface area contributed by atoms with Crippen molar-refractivity contribution >= 4 is 11.6 Å². The molecule has 0 radical (unpaired) electrons. The van der Waals surface area contributed by atoms with Crippen LogP contribution in [0.1, 0.15) is 11.4 Å². The average molecular weight is 268 g/mol. The van der Waals surface area contributed by atoms with Crippen LogP contribution in [0.2, 0.25) is 0 Å². The van der Waals surface area contributed by atoms with Crippen LogP contribution in [0.5, 0.6) is 0 Å². The first kappa shape index (κ1) is 12.5. The molecule has 0 saturated heterocycles. The van der Waals surface area contributed by atoms with Crippen molar-refractivity contribution in [1.29, 1.82) is 0 Å². The maximum absolute atomic E-state index is 4.55. The monoisotopic (exact) mass is 268 g/mol. The van der Waals surface area contributed by atoms with Crippen molar-refractivity contribution in [3.63, 3.8) is 0 Å². The SMILES string of the molecule is Cc1cc2ncc(-c3ccnc(N(C)C)n3)c(C)n2n1. The maximum atomic E-state index is 4.55. The van der Waals surface area contributed by atoms with Gasteiger partial charge in [0.05, 0.1) is 17.1 Å². The number of anilines is 1. The molecule has 0 fully saturated rings. The fourth-order valence-corrected chi connectivity index (χ4v) is 2.13. The largest absolute Gasteiger partial charge is 0.347 e. The third-order valence-electron chi connectivity index (χ3n) is 3.16. The highest BCUT2D eigenvalue weighted by atomic mass is 15.3. The Kier molecular flexibility index (Phi) is 2.85. The highest BCUT2D eigenvalue weighted by molar-refractivity contribution is 5.63. The molecule has 3 heterocycles. The van der Waals surface area contributed by atoms with E-state index in [0.717, 1.165) is 28.3 Å². The van der Waals surface area contributed by atoms with Crippen molar-refractivity contribution in [2.75, 3.05) is 19.0 Å². The Balaban J connectivity index is 2.19. The predicted molar refractivity (Wildman–Crippen MR) is 77.8 cm³/mol. The summed E-state index contributed by atoms with van der Waals surface area (Å²) in [7, 11) is 3.84. The third kappa shape index (κ3) is 1.99. The Morgan fingerprint density at radius 1 is 1.15 bits per heavy atom. The lowest BCUT2D eigenvalue weighted by molar-refractivity contribution is 0.877. The second kappa shape index (κ2) is 4.56. The highest BCUT2D eigenvalue weighted by Crippen LogP contribution is 2.22. The number of hydrogen-bond acceptors (Lipinski definition) is 5. The summed E-state index contributed by atoms with van der Waals surface area (Å²) in [5, 5.41) is 4.46. The summed E-state index contributed by atoms with van der Waals surface area (Å²) >= 11 is 0. The minimum atomic E-state index is 0.679. The number of hydrogen-bond donors (Lipinski definition) is 0. The number of nitrogens with zero attached hydrogens (tertiary/aromatic N) is 6. The van der Waals surface area contributed by atoms with Gasteiger partial charge in [-0.15, -0.1) is 0 Å². The van der Waals surface area contributed by atoms with Gasteiger partial charge in [-0.3, -0.25) is 0 Å². The van der Waals surface area contributed by atoms with Crippen molar-refractivity contribution in [2.24, 2.45) is 0 Å². The Morgan fingerprint density at radius 3 is 2.70 bits per heavy atom. The zero-order valence-electron chi connectivity index (χ0n) is 12.0. The first-order chi connectivity index (χ1) is 9.56. The molecule has 0 aliphatic rings. The molecule has 0 bridgehead atoms. The molecule has 0 N–H and O–H groups in total. The van der Waals surface area contributed by atoms with Crippen molar-refractivity contribution in [2.45, 2.75) is 13.8 Å². The molecule has 20 heavy (non-hydrogen) atoms. The van der Waals surface area contributed by atoms with E-state index in [9.17, 15) is 0 Å². The quantitative estimate of drug-likeness (QED) is 0.710. The summed E-state index contributed by atoms with van der Waals surface area (Å²) in [4.78, 5) is 15.1. The van der Waals surface area contributed by atoms with Gasteiger partial charge in [-0.25, -0.2) is 19.5 Å². The predicted octanol–water partition coefficient (Wildman–Crippen LogP) is 1.87. The topological polar surface area (TPSA) is 59.2 Å². The molecule has 0 unspecified atom stereocenters. The van der Waals surface area contributed by atoms with Crippen LogP contribution >= 0.6 is 0 Å². The van der Waals surface area contributed by atoms with Crippen LogP contribution in [0.3, 0.4) is 0 Å². The van der Waals surface area contributed by atoms with Crippen molar-refractivity contribution in [3.8, 4) is 11.3 Å². The summed E-state index contributed by atoms with van der Waals surface area (Å²) in [6.45, 7) is 3.98. The second-order valence-corrected chi connectivity index (χ2v) is 4.95. The zero-order chi connectivity index (χ0) is 14.3. The first-order valence-corrected chi connectivity index (χ1v) is 6.39. The molecular formula is C14H16N6. The number of aromatic nitrogens is 5. The van der Waals surface area contributed by atoms with Crippen LogP contribution in [-0.2, 0) is 0 Å². The summed E-state index contributed by atoms with van der Waals surface area (Å²) in [5.41, 5.74) is 4.64. The average Bonchev–Trinajstić information content (AvgIpc) is 2.81. The van der Waals surface area contributed by atoms with Crippen LogP contribution in [0.15, 0.2) is 24.5 Å². The Labute approximate surface area is 117 Å². The Morgan fingerprint density at radius 2 is 1.95 bits per heavy atom. The third-order valence-corrected chi connectivity index (χ3v) is 3.16. The number of rotatable bonds is 2. The molecule has 0 aliphatic heterocycles. The van der Waals surface area contributed by atoms with E-state index in [-0.39, 0.29) is 0 Å². The Bertz CT molecular complexity index is 774. The fourth-order valence-electron chi connectivity index (χ4n) is 2.13. The molecule has 102 valence electrons. The van der Waals surface area contributed by atoms with Crippen LogP contribution < -0.4 is 4.90 Å². The van der Waals surface area contributed by atoms with Gasteiger partial charge in [0.25, 0.3) is 0 Å². The summed E-state index contributed by atoms with van der Waals surface area (Å²) in [6.07, 6.45) is 3.60. The highest BCUT2D eigenvalue weighted by Gasteiger charge is 2.11. The van der Waals surface area contributed by atoms with Crippen molar-refractivity contribution in [3.05, 3.63) is 35.9 Å². The first-order valence-electron chi connectivity index (χ1n) is 6.39. The van der Waals surface area contributed by atoms with Gasteiger partial charge < -0.3 is 4.90 Å². The lowest BCUT2D eigenvalue weighted by atomic mass is 10.2. The number of fused-ring (bicyclic) bond motifs is 1. The molecule has 0 spiro atoms. The van der Waals surface area contributed by atoms with E-state index in [1.54, 1.807) is 6.20 Å². The van der Waals surface area contributed by atoms with Crippen LogP contribution in [0.4, 0.5) is 5.95 Å². The van der Waals surface area contributed by atoms with Gasteiger partial charge in [0.2, 0.25) is 5.95 Å². The Hall–Kier alpha value is -2.50. The molecule has 6 nitrogen and oxygen atoms in total. The maximum Gasteiger partial charge on any atom is 0.225 e. The molecule has 6 heteroatoms. The van der Waals surface area contributed by atoms with E-state index < -0.39 is 0 Å². The summed E-state index contributed by atoms with van der Waals surface area (Å²) < 4.78 is 1.85. The van der Waals surface area contributed by atoms with Crippen LogP contribution in [0, 0.1) is 13.8 Å². The lowest BCUT2D eigenvalue weighted by Gasteiger charge is -2.12. The molecule has 0 aromatic carbocycles. The van der Waals surface area contributed by atoms with Crippen molar-refractivity contribution < 1.29 is 0 Å². The smallest absolute Gasteiger partial charge is 0.225 e. The minimum absolute atomic E-state index is 0.679. The molecule has 0 atom stereocenters. The van der Waals surface area contributed by atoms with Crippen LogP contribution in [0.25, 0.3) is 16.9 Å². The normalized spacial score (nSPS) is 11.0. The molecule has 3 rings (SSSR count). The second-order valence-electron chi connectivity index (χ2n) is 4.95.